The Morgan fingerprint density at radius 2 is 2.28 bits per heavy atom. The zero-order valence-electron chi connectivity index (χ0n) is 9.35. The van der Waals surface area contributed by atoms with Gasteiger partial charge in [-0.2, -0.15) is 5.10 Å². The molecule has 0 aliphatic carbocycles. The van der Waals surface area contributed by atoms with Crippen LogP contribution in [0.3, 0.4) is 0 Å². The molecular formula is C11H9FIN3O2. The third-order valence-corrected chi connectivity index (χ3v) is 2.88. The van der Waals surface area contributed by atoms with Gasteiger partial charge in [-0.1, -0.05) is 0 Å². The summed E-state index contributed by atoms with van der Waals surface area (Å²) in [7, 11) is 1.24. The molecule has 94 valence electrons. The summed E-state index contributed by atoms with van der Waals surface area (Å²) in [5.41, 5.74) is 5.87. The van der Waals surface area contributed by atoms with Gasteiger partial charge in [0.05, 0.1) is 22.4 Å². The summed E-state index contributed by atoms with van der Waals surface area (Å²) in [5, 5.41) is 3.98. The molecule has 0 aliphatic heterocycles. The second kappa shape index (κ2) is 4.92. The van der Waals surface area contributed by atoms with Crippen LogP contribution < -0.4 is 5.73 Å². The molecule has 0 amide bonds. The Hall–Kier alpha value is -1.64. The highest BCUT2D eigenvalue weighted by Gasteiger charge is 2.16. The number of carbonyl (C=O) groups excluding carboxylic acids is 1. The quantitative estimate of drug-likeness (QED) is 0.505. The minimum absolute atomic E-state index is 0.0324. The predicted octanol–water partition coefficient (Wildman–Crippen LogP) is 1.98. The number of carbonyl (C=O) groups is 1. The molecule has 2 N–H and O–H groups in total. The maximum Gasteiger partial charge on any atom is 0.340 e. The van der Waals surface area contributed by atoms with Crippen LogP contribution >= 0.6 is 22.6 Å². The summed E-state index contributed by atoms with van der Waals surface area (Å²) in [5.74, 6) is -1.17. The lowest BCUT2D eigenvalue weighted by atomic mass is 10.1. The normalized spacial score (nSPS) is 10.4. The van der Waals surface area contributed by atoms with Gasteiger partial charge in [-0.15, -0.1) is 0 Å². The van der Waals surface area contributed by atoms with E-state index >= 15 is 0 Å². The molecule has 0 saturated carbocycles. The molecule has 5 nitrogen and oxygen atoms in total. The molecule has 2 rings (SSSR count). The lowest BCUT2D eigenvalue weighted by Crippen LogP contribution is -2.09. The first kappa shape index (κ1) is 12.8. The van der Waals surface area contributed by atoms with E-state index in [9.17, 15) is 9.18 Å². The first-order valence-electron chi connectivity index (χ1n) is 4.91. The molecule has 1 aromatic heterocycles. The fourth-order valence-electron chi connectivity index (χ4n) is 1.47. The van der Waals surface area contributed by atoms with Gasteiger partial charge >= 0.3 is 5.97 Å². The van der Waals surface area contributed by atoms with E-state index in [4.69, 9.17) is 5.73 Å². The van der Waals surface area contributed by atoms with Crippen LogP contribution in [0.25, 0.3) is 5.69 Å². The average molecular weight is 361 g/mol. The summed E-state index contributed by atoms with van der Waals surface area (Å²) >= 11 is 2.05. The summed E-state index contributed by atoms with van der Waals surface area (Å²) in [6.45, 7) is 0. The number of rotatable bonds is 2. The Balaban J connectivity index is 2.58. The first-order chi connectivity index (χ1) is 8.52. The fraction of sp³-hybridized carbons (Fsp3) is 0.0909. The van der Waals surface area contributed by atoms with Crippen LogP contribution in [0.5, 0.6) is 0 Å². The Kier molecular flexibility index (Phi) is 3.50. The largest absolute Gasteiger partial charge is 0.465 e. The van der Waals surface area contributed by atoms with E-state index in [2.05, 4.69) is 32.4 Å². The summed E-state index contributed by atoms with van der Waals surface area (Å²) in [6, 6.07) is 2.40. The molecule has 0 spiro atoms. The highest BCUT2D eigenvalue weighted by Crippen LogP contribution is 2.22. The van der Waals surface area contributed by atoms with Gasteiger partial charge in [-0.3, -0.25) is 0 Å². The van der Waals surface area contributed by atoms with E-state index in [0.717, 1.165) is 9.64 Å². The van der Waals surface area contributed by atoms with E-state index in [0.29, 0.717) is 0 Å². The van der Waals surface area contributed by atoms with Crippen LogP contribution in [0.2, 0.25) is 0 Å². The smallest absolute Gasteiger partial charge is 0.340 e. The van der Waals surface area contributed by atoms with Crippen LogP contribution in [0.1, 0.15) is 10.4 Å². The van der Waals surface area contributed by atoms with Crippen LogP contribution in [0.4, 0.5) is 10.1 Å². The highest BCUT2D eigenvalue weighted by molar-refractivity contribution is 14.1. The number of nitrogens with two attached hydrogens (primary N) is 1. The number of methoxy groups -OCH3 is 1. The third-order valence-electron chi connectivity index (χ3n) is 2.32. The van der Waals surface area contributed by atoms with E-state index in [1.54, 1.807) is 12.4 Å². The van der Waals surface area contributed by atoms with E-state index < -0.39 is 11.8 Å². The molecule has 0 radical (unpaired) electrons. The van der Waals surface area contributed by atoms with Crippen LogP contribution in [-0.4, -0.2) is 22.9 Å². The van der Waals surface area contributed by atoms with Gasteiger partial charge in [0.1, 0.15) is 5.69 Å². The zero-order chi connectivity index (χ0) is 13.3. The molecule has 7 heteroatoms. The van der Waals surface area contributed by atoms with Crippen LogP contribution in [0.15, 0.2) is 24.5 Å². The molecule has 1 heterocycles. The van der Waals surface area contributed by atoms with Crippen molar-refractivity contribution in [2.75, 3.05) is 12.8 Å². The third kappa shape index (κ3) is 2.30. The Morgan fingerprint density at radius 1 is 1.56 bits per heavy atom. The first-order valence-corrected chi connectivity index (χ1v) is 5.98. The van der Waals surface area contributed by atoms with Crippen LogP contribution in [-0.2, 0) is 4.74 Å². The summed E-state index contributed by atoms with van der Waals surface area (Å²) < 4.78 is 20.6. The number of hydrogen-bond donors (Lipinski definition) is 1. The monoisotopic (exact) mass is 361 g/mol. The number of halogens is 2. The Morgan fingerprint density at radius 3 is 2.83 bits per heavy atom. The molecule has 0 fully saturated rings. The number of nitrogen functional groups attached to an aromatic ring is 1. The van der Waals surface area contributed by atoms with Crippen molar-refractivity contribution in [2.24, 2.45) is 0 Å². The second-order valence-electron chi connectivity index (χ2n) is 3.49. The molecule has 0 aliphatic rings. The maximum absolute atomic E-state index is 13.8. The van der Waals surface area contributed by atoms with E-state index in [1.165, 1.54) is 17.9 Å². The number of benzene rings is 1. The topological polar surface area (TPSA) is 70.1 Å². The zero-order valence-corrected chi connectivity index (χ0v) is 11.5. The van der Waals surface area contributed by atoms with Crippen molar-refractivity contribution in [3.8, 4) is 5.69 Å². The second-order valence-corrected chi connectivity index (χ2v) is 4.73. The molecule has 0 saturated heterocycles. The molecule has 0 bridgehead atoms. The molecule has 0 unspecified atom stereocenters. The number of aromatic nitrogens is 2. The number of hydrogen-bond acceptors (Lipinski definition) is 4. The molecule has 2 aromatic rings. The number of nitrogens with zero attached hydrogens (tertiary/aromatic N) is 2. The van der Waals surface area contributed by atoms with Crippen molar-refractivity contribution >= 4 is 34.2 Å². The van der Waals surface area contributed by atoms with Crippen molar-refractivity contribution in [3.63, 3.8) is 0 Å². The Labute approximate surface area is 116 Å². The van der Waals surface area contributed by atoms with Gasteiger partial charge in [0, 0.05) is 11.9 Å². The van der Waals surface area contributed by atoms with E-state index in [1.807, 2.05) is 0 Å². The number of anilines is 1. The molecule has 0 atom stereocenters. The molecular weight excluding hydrogens is 352 g/mol. The van der Waals surface area contributed by atoms with Crippen molar-refractivity contribution in [1.82, 2.24) is 9.78 Å². The minimum atomic E-state index is -0.615. The maximum atomic E-state index is 13.8. The van der Waals surface area contributed by atoms with Gasteiger partial charge in [-0.25, -0.2) is 13.9 Å². The van der Waals surface area contributed by atoms with Gasteiger partial charge < -0.3 is 10.5 Å². The fourth-order valence-corrected chi connectivity index (χ4v) is 1.86. The van der Waals surface area contributed by atoms with Crippen molar-refractivity contribution in [2.45, 2.75) is 0 Å². The predicted molar refractivity (Wildman–Crippen MR) is 72.0 cm³/mol. The SMILES string of the molecule is COC(=O)c1cc(-n2cc(I)cn2)c(F)cc1N. The number of ether oxygens (including phenoxy) is 1. The minimum Gasteiger partial charge on any atom is -0.465 e. The van der Waals surface area contributed by atoms with Crippen LogP contribution in [0, 0.1) is 9.39 Å². The van der Waals surface area contributed by atoms with Gasteiger partial charge in [0.15, 0.2) is 5.82 Å². The van der Waals surface area contributed by atoms with E-state index in [-0.39, 0.29) is 16.9 Å². The van der Waals surface area contributed by atoms with Crippen molar-refractivity contribution in [3.05, 3.63) is 39.5 Å². The number of esters is 1. The van der Waals surface area contributed by atoms with Gasteiger partial charge in [-0.05, 0) is 34.7 Å². The Bertz CT molecular complexity index is 612. The molecule has 1 aromatic carbocycles. The summed E-state index contributed by atoms with van der Waals surface area (Å²) in [6.07, 6.45) is 3.21. The summed E-state index contributed by atoms with van der Waals surface area (Å²) in [4.78, 5) is 11.5. The molecule has 18 heavy (non-hydrogen) atoms. The van der Waals surface area contributed by atoms with Crippen molar-refractivity contribution in [1.29, 1.82) is 0 Å². The lowest BCUT2D eigenvalue weighted by molar-refractivity contribution is 0.0602. The standard InChI is InChI=1S/C11H9FIN3O2/c1-18-11(17)7-2-10(8(12)3-9(7)14)16-5-6(13)4-15-16/h2-5H,14H2,1H3. The lowest BCUT2D eigenvalue weighted by Gasteiger charge is -2.08. The average Bonchev–Trinajstić information content (AvgIpc) is 2.75. The van der Waals surface area contributed by atoms with Gasteiger partial charge in [0.2, 0.25) is 0 Å². The highest BCUT2D eigenvalue weighted by atomic mass is 127. The van der Waals surface area contributed by atoms with Gasteiger partial charge in [0.25, 0.3) is 0 Å². The van der Waals surface area contributed by atoms with Crippen molar-refractivity contribution < 1.29 is 13.9 Å².